The van der Waals surface area contributed by atoms with E-state index in [1.54, 1.807) is 0 Å². The smallest absolute Gasteiger partial charge is 0.290 e. The van der Waals surface area contributed by atoms with Crippen LogP contribution in [0.15, 0.2) is 62.0 Å². The lowest BCUT2D eigenvalue weighted by molar-refractivity contribution is -0.128. The van der Waals surface area contributed by atoms with E-state index in [1.165, 1.54) is 30.4 Å². The van der Waals surface area contributed by atoms with Crippen LogP contribution in [0.5, 0.6) is 0 Å². The number of rotatable bonds is 6. The van der Waals surface area contributed by atoms with Crippen molar-refractivity contribution in [3.8, 4) is 0 Å². The lowest BCUT2D eigenvalue weighted by Crippen LogP contribution is -2.32. The van der Waals surface area contributed by atoms with Crippen LogP contribution in [-0.4, -0.2) is 71.4 Å². The number of epoxide rings is 1. The maximum atomic E-state index is 12.9. The predicted octanol–water partition coefficient (Wildman–Crippen LogP) is 0.272. The van der Waals surface area contributed by atoms with Gasteiger partial charge in [-0.1, -0.05) is 12.2 Å². The molecule has 1 saturated heterocycles. The van der Waals surface area contributed by atoms with Gasteiger partial charge in [0.2, 0.25) is 0 Å². The molecule has 0 bridgehead atoms. The molecular weight excluding hydrogens is 468 g/mol. The normalized spacial score (nSPS) is 30.8. The van der Waals surface area contributed by atoms with Gasteiger partial charge < -0.3 is 9.84 Å². The van der Waals surface area contributed by atoms with Gasteiger partial charge >= 0.3 is 0 Å². The Morgan fingerprint density at radius 1 is 1.16 bits per heavy atom. The van der Waals surface area contributed by atoms with Crippen molar-refractivity contribution in [2.75, 3.05) is 0 Å². The van der Waals surface area contributed by atoms with Gasteiger partial charge in [-0.05, 0) is 37.5 Å². The standard InChI is InChI=1S/C17H18N4O9S2/c22-16-14(19-18-9-1-5-11(6-2-9)31(24,25)26)13(15-17(23)30-15)20-21(16)10-3-7-12(8-4-10)32(27,28)29/h1-3,5,7,11,14-15,17,23H,4,6,8H2,(H,24,25,26)(H,27,28,29). The number of ether oxygens (including phenoxy) is 1. The molecule has 0 spiro atoms. The van der Waals surface area contributed by atoms with E-state index in [2.05, 4.69) is 15.3 Å². The van der Waals surface area contributed by atoms with Crippen LogP contribution in [0.4, 0.5) is 0 Å². The molecule has 0 aromatic rings. The number of carbonyl (C=O) groups is 1. The van der Waals surface area contributed by atoms with Crippen LogP contribution in [0.3, 0.4) is 0 Å². The van der Waals surface area contributed by atoms with Gasteiger partial charge in [-0.3, -0.25) is 13.9 Å². The Labute approximate surface area is 182 Å². The van der Waals surface area contributed by atoms with Crippen molar-refractivity contribution in [3.63, 3.8) is 0 Å². The zero-order valence-corrected chi connectivity index (χ0v) is 17.8. The second kappa shape index (κ2) is 8.09. The Morgan fingerprint density at radius 2 is 1.88 bits per heavy atom. The van der Waals surface area contributed by atoms with Crippen LogP contribution in [0.25, 0.3) is 0 Å². The molecule has 32 heavy (non-hydrogen) atoms. The summed E-state index contributed by atoms with van der Waals surface area (Å²) in [6.07, 6.45) is 4.62. The highest BCUT2D eigenvalue weighted by Crippen LogP contribution is 2.33. The molecule has 0 saturated carbocycles. The van der Waals surface area contributed by atoms with E-state index < -0.39 is 49.8 Å². The van der Waals surface area contributed by atoms with Crippen LogP contribution in [0, 0.1) is 0 Å². The Kier molecular flexibility index (Phi) is 5.72. The molecule has 13 nitrogen and oxygen atoms in total. The van der Waals surface area contributed by atoms with Gasteiger partial charge in [-0.15, -0.1) is 0 Å². The fraction of sp³-hybridized carbons (Fsp3) is 0.412. The third-order valence-electron chi connectivity index (χ3n) is 5.10. The fourth-order valence-corrected chi connectivity index (χ4v) is 4.53. The molecule has 2 aliphatic carbocycles. The first-order valence-corrected chi connectivity index (χ1v) is 12.3. The van der Waals surface area contributed by atoms with Crippen molar-refractivity contribution in [1.82, 2.24) is 5.01 Å². The van der Waals surface area contributed by atoms with Crippen molar-refractivity contribution < 1.29 is 40.6 Å². The molecule has 15 heteroatoms. The molecule has 4 atom stereocenters. The van der Waals surface area contributed by atoms with E-state index in [1.807, 2.05) is 0 Å². The molecule has 1 fully saturated rings. The van der Waals surface area contributed by atoms with Crippen LogP contribution in [0.1, 0.15) is 19.3 Å². The molecule has 4 unspecified atom stereocenters. The van der Waals surface area contributed by atoms with Gasteiger partial charge in [-0.2, -0.15) is 32.2 Å². The van der Waals surface area contributed by atoms with Gasteiger partial charge in [0.1, 0.15) is 11.0 Å². The van der Waals surface area contributed by atoms with Gasteiger partial charge in [-0.25, -0.2) is 5.01 Å². The van der Waals surface area contributed by atoms with E-state index in [9.17, 15) is 26.7 Å². The topological polar surface area (TPSA) is 199 Å². The van der Waals surface area contributed by atoms with Crippen LogP contribution >= 0.6 is 0 Å². The highest BCUT2D eigenvalue weighted by molar-refractivity contribution is 7.89. The molecular formula is C17H18N4O9S2. The van der Waals surface area contributed by atoms with Gasteiger partial charge in [0.25, 0.3) is 26.1 Å². The van der Waals surface area contributed by atoms with Crippen LogP contribution in [-0.2, 0) is 29.8 Å². The first kappa shape index (κ1) is 22.6. The number of carbonyl (C=O) groups excluding carboxylic acids is 1. The summed E-state index contributed by atoms with van der Waals surface area (Å²) in [5.41, 5.74) is 0.749. The minimum atomic E-state index is -4.33. The zero-order chi connectivity index (χ0) is 23.3. The summed E-state index contributed by atoms with van der Waals surface area (Å²) in [6, 6.07) is -1.21. The van der Waals surface area contributed by atoms with Crippen molar-refractivity contribution >= 4 is 31.9 Å². The minimum Gasteiger partial charge on any atom is -0.365 e. The third-order valence-corrected chi connectivity index (χ3v) is 7.22. The number of allylic oxidation sites excluding steroid dienone is 6. The molecule has 2 heterocycles. The van der Waals surface area contributed by atoms with E-state index in [0.29, 0.717) is 5.70 Å². The summed E-state index contributed by atoms with van der Waals surface area (Å²) in [5, 5.41) is 21.7. The lowest BCUT2D eigenvalue weighted by atomic mass is 10.1. The third kappa shape index (κ3) is 4.62. The number of hydrazone groups is 1. The first-order valence-electron chi connectivity index (χ1n) is 9.34. The average molecular weight is 486 g/mol. The summed E-state index contributed by atoms with van der Waals surface area (Å²) in [7, 11) is -8.56. The number of azo groups is 1. The number of nitrogens with zero attached hydrogens (tertiary/aromatic N) is 4. The Balaban J connectivity index is 1.54. The number of aliphatic hydroxyl groups is 1. The molecule has 4 aliphatic rings. The fourth-order valence-electron chi connectivity index (χ4n) is 3.32. The van der Waals surface area contributed by atoms with Crippen molar-refractivity contribution in [3.05, 3.63) is 46.7 Å². The molecule has 172 valence electrons. The molecule has 0 radical (unpaired) electrons. The average Bonchev–Trinajstić information content (AvgIpc) is 3.36. The number of amides is 1. The highest BCUT2D eigenvalue weighted by Gasteiger charge is 2.51. The Bertz CT molecular complexity index is 1240. The molecule has 0 aromatic heterocycles. The summed E-state index contributed by atoms with van der Waals surface area (Å²) in [6.45, 7) is 0. The summed E-state index contributed by atoms with van der Waals surface area (Å²) in [5.74, 6) is -0.599. The van der Waals surface area contributed by atoms with Crippen molar-refractivity contribution in [2.45, 2.75) is 42.9 Å². The van der Waals surface area contributed by atoms with E-state index in [0.717, 1.165) is 5.01 Å². The molecule has 4 rings (SSSR count). The highest BCUT2D eigenvalue weighted by atomic mass is 32.2. The lowest BCUT2D eigenvalue weighted by Gasteiger charge is -2.19. The summed E-state index contributed by atoms with van der Waals surface area (Å²) >= 11 is 0. The predicted molar refractivity (Wildman–Crippen MR) is 108 cm³/mol. The zero-order valence-electron chi connectivity index (χ0n) is 16.2. The van der Waals surface area contributed by atoms with Crippen LogP contribution < -0.4 is 0 Å². The summed E-state index contributed by atoms with van der Waals surface area (Å²) in [4.78, 5) is 12.7. The minimum absolute atomic E-state index is 0.0187. The number of hydrogen-bond donors (Lipinski definition) is 3. The quantitative estimate of drug-likeness (QED) is 0.268. The molecule has 3 N–H and O–H groups in total. The molecule has 2 aliphatic heterocycles. The van der Waals surface area contributed by atoms with Crippen molar-refractivity contribution in [2.24, 2.45) is 15.3 Å². The van der Waals surface area contributed by atoms with Crippen LogP contribution in [0.2, 0.25) is 0 Å². The maximum absolute atomic E-state index is 12.9. The Morgan fingerprint density at radius 3 is 2.38 bits per heavy atom. The van der Waals surface area contributed by atoms with E-state index >= 15 is 0 Å². The largest absolute Gasteiger partial charge is 0.365 e. The van der Waals surface area contributed by atoms with E-state index in [-0.39, 0.29) is 35.6 Å². The van der Waals surface area contributed by atoms with Gasteiger partial charge in [0.15, 0.2) is 18.4 Å². The number of aliphatic hydroxyl groups excluding tert-OH is 1. The number of hydrogen-bond acceptors (Lipinski definition) is 10. The van der Waals surface area contributed by atoms with E-state index in [4.69, 9.17) is 13.8 Å². The monoisotopic (exact) mass is 486 g/mol. The van der Waals surface area contributed by atoms with Gasteiger partial charge in [0, 0.05) is 5.70 Å². The molecule has 1 amide bonds. The molecule has 0 aromatic carbocycles. The SMILES string of the molecule is O=C1C(N=NC2=CCC(S(=O)(=O)O)C=C2)C(C2OC2O)=NN1C1=CC=C(S(=O)(=O)O)CC1. The summed E-state index contributed by atoms with van der Waals surface area (Å²) < 4.78 is 68.1. The maximum Gasteiger partial charge on any atom is 0.290 e. The van der Waals surface area contributed by atoms with Gasteiger partial charge in [0.05, 0.1) is 10.6 Å². The second-order valence-electron chi connectivity index (χ2n) is 7.28. The first-order chi connectivity index (χ1) is 14.9. The Hall–Kier alpha value is -2.56. The van der Waals surface area contributed by atoms with Crippen molar-refractivity contribution in [1.29, 1.82) is 0 Å². The second-order valence-corrected chi connectivity index (χ2v) is 10.4.